The van der Waals surface area contributed by atoms with Gasteiger partial charge < -0.3 is 0 Å². The third-order valence-electron chi connectivity index (χ3n) is 4.67. The molecule has 0 radical (unpaired) electrons. The molecule has 2 unspecified atom stereocenters. The third kappa shape index (κ3) is 3.23. The Balaban J connectivity index is 2.66. The summed E-state index contributed by atoms with van der Waals surface area (Å²) in [4.78, 5) is 0. The van der Waals surface area contributed by atoms with Crippen LogP contribution in [0.4, 0.5) is 0 Å². The number of hydrogen-bond acceptors (Lipinski definition) is 0. The van der Waals surface area contributed by atoms with E-state index in [1.54, 1.807) is 0 Å². The molecule has 0 spiro atoms. The minimum absolute atomic E-state index is 0.516. The first-order valence-electron chi connectivity index (χ1n) is 6.77. The summed E-state index contributed by atoms with van der Waals surface area (Å²) < 4.78 is 0. The van der Waals surface area contributed by atoms with E-state index in [0.29, 0.717) is 10.8 Å². The molecule has 1 aliphatic rings. The Hall–Kier alpha value is 0. The van der Waals surface area contributed by atoms with Gasteiger partial charge in [-0.1, -0.05) is 54.4 Å². The second-order valence-corrected chi connectivity index (χ2v) is 7.31. The fraction of sp³-hybridized carbons (Fsp3) is 1.00. The predicted molar refractivity (Wildman–Crippen MR) is 69.0 cm³/mol. The molecule has 0 aromatic carbocycles. The average molecular weight is 210 g/mol. The van der Waals surface area contributed by atoms with Crippen LogP contribution in [0, 0.1) is 22.7 Å². The lowest BCUT2D eigenvalue weighted by Gasteiger charge is -2.46. The Kier molecular flexibility index (Phi) is 3.90. The molecule has 0 aliphatic heterocycles. The maximum absolute atomic E-state index is 2.48. The maximum atomic E-state index is 2.48. The summed E-state index contributed by atoms with van der Waals surface area (Å²) in [7, 11) is 0. The van der Waals surface area contributed by atoms with Crippen LogP contribution in [0.5, 0.6) is 0 Å². The van der Waals surface area contributed by atoms with Crippen molar-refractivity contribution in [1.82, 2.24) is 0 Å². The minimum atomic E-state index is 0.516. The Morgan fingerprint density at radius 3 is 2.27 bits per heavy atom. The van der Waals surface area contributed by atoms with Gasteiger partial charge in [-0.05, 0) is 41.9 Å². The SMILES string of the molecule is CCCC1CC(C(C)(C)C)CCC1(C)C. The smallest absolute Gasteiger partial charge is 0.0326 e. The van der Waals surface area contributed by atoms with Crippen molar-refractivity contribution in [3.63, 3.8) is 0 Å². The second-order valence-electron chi connectivity index (χ2n) is 7.31. The molecule has 1 saturated carbocycles. The highest BCUT2D eigenvalue weighted by molar-refractivity contribution is 4.89. The zero-order valence-electron chi connectivity index (χ0n) is 11.7. The van der Waals surface area contributed by atoms with Gasteiger partial charge in [-0.2, -0.15) is 0 Å². The van der Waals surface area contributed by atoms with Gasteiger partial charge in [-0.3, -0.25) is 0 Å². The zero-order chi connectivity index (χ0) is 11.7. The van der Waals surface area contributed by atoms with Gasteiger partial charge in [0.1, 0.15) is 0 Å². The maximum Gasteiger partial charge on any atom is -0.0326 e. The second kappa shape index (κ2) is 4.47. The van der Waals surface area contributed by atoms with Crippen molar-refractivity contribution >= 4 is 0 Å². The number of hydrogen-bond donors (Lipinski definition) is 0. The van der Waals surface area contributed by atoms with E-state index in [9.17, 15) is 0 Å². The molecule has 0 saturated heterocycles. The van der Waals surface area contributed by atoms with Crippen LogP contribution in [0.15, 0.2) is 0 Å². The molecule has 2 atom stereocenters. The van der Waals surface area contributed by atoms with Gasteiger partial charge in [0.25, 0.3) is 0 Å². The quantitative estimate of drug-likeness (QED) is 0.582. The summed E-state index contributed by atoms with van der Waals surface area (Å²) in [5.41, 5.74) is 1.11. The first-order chi connectivity index (χ1) is 6.77. The summed E-state index contributed by atoms with van der Waals surface area (Å²) in [5.74, 6) is 1.91. The lowest BCUT2D eigenvalue weighted by molar-refractivity contribution is 0.0428. The molecule has 15 heavy (non-hydrogen) atoms. The summed E-state index contributed by atoms with van der Waals surface area (Å²) in [5, 5.41) is 0. The van der Waals surface area contributed by atoms with E-state index < -0.39 is 0 Å². The summed E-state index contributed by atoms with van der Waals surface area (Å²) >= 11 is 0. The molecule has 0 heteroatoms. The van der Waals surface area contributed by atoms with Crippen LogP contribution in [0.2, 0.25) is 0 Å². The molecule has 1 fully saturated rings. The van der Waals surface area contributed by atoms with Gasteiger partial charge in [-0.25, -0.2) is 0 Å². The van der Waals surface area contributed by atoms with Crippen molar-refractivity contribution in [2.75, 3.05) is 0 Å². The van der Waals surface area contributed by atoms with Crippen LogP contribution in [-0.4, -0.2) is 0 Å². The fourth-order valence-corrected chi connectivity index (χ4v) is 3.17. The standard InChI is InChI=1S/C15H30/c1-7-8-13-11-12(14(2,3)4)9-10-15(13,5)6/h12-13H,7-11H2,1-6H3. The van der Waals surface area contributed by atoms with Gasteiger partial charge in [0.2, 0.25) is 0 Å². The van der Waals surface area contributed by atoms with Crippen LogP contribution < -0.4 is 0 Å². The molecule has 0 N–H and O–H groups in total. The Bertz CT molecular complexity index is 195. The first kappa shape index (κ1) is 13.1. The average Bonchev–Trinajstić information content (AvgIpc) is 2.06. The van der Waals surface area contributed by atoms with E-state index in [-0.39, 0.29) is 0 Å². The molecule has 0 amide bonds. The Morgan fingerprint density at radius 1 is 1.20 bits per heavy atom. The number of rotatable bonds is 2. The van der Waals surface area contributed by atoms with Crippen LogP contribution in [0.1, 0.15) is 73.6 Å². The summed E-state index contributed by atoms with van der Waals surface area (Å²) in [6.07, 6.45) is 7.12. The summed E-state index contributed by atoms with van der Waals surface area (Å²) in [6, 6.07) is 0. The predicted octanol–water partition coefficient (Wildman–Crippen LogP) is 5.28. The highest BCUT2D eigenvalue weighted by atomic mass is 14.4. The fourth-order valence-electron chi connectivity index (χ4n) is 3.17. The Morgan fingerprint density at radius 2 is 1.80 bits per heavy atom. The van der Waals surface area contributed by atoms with E-state index in [1.165, 1.54) is 32.1 Å². The van der Waals surface area contributed by atoms with Crippen molar-refractivity contribution in [1.29, 1.82) is 0 Å². The molecule has 0 heterocycles. The van der Waals surface area contributed by atoms with Crippen molar-refractivity contribution in [3.8, 4) is 0 Å². The lowest BCUT2D eigenvalue weighted by atomic mass is 9.59. The largest absolute Gasteiger partial charge is 0.0654 e. The van der Waals surface area contributed by atoms with Crippen LogP contribution >= 0.6 is 0 Å². The first-order valence-corrected chi connectivity index (χ1v) is 6.77. The topological polar surface area (TPSA) is 0 Å². The van der Waals surface area contributed by atoms with E-state index >= 15 is 0 Å². The Labute approximate surface area is 96.8 Å². The van der Waals surface area contributed by atoms with Gasteiger partial charge in [0.05, 0.1) is 0 Å². The highest BCUT2D eigenvalue weighted by Gasteiger charge is 2.39. The van der Waals surface area contributed by atoms with Crippen molar-refractivity contribution in [3.05, 3.63) is 0 Å². The lowest BCUT2D eigenvalue weighted by Crippen LogP contribution is -2.36. The summed E-state index contributed by atoms with van der Waals surface area (Å²) in [6.45, 7) is 14.5. The van der Waals surface area contributed by atoms with Gasteiger partial charge in [0.15, 0.2) is 0 Å². The van der Waals surface area contributed by atoms with E-state index in [1.807, 2.05) is 0 Å². The normalized spacial score (nSPS) is 31.6. The molecule has 1 aliphatic carbocycles. The van der Waals surface area contributed by atoms with Gasteiger partial charge in [0, 0.05) is 0 Å². The molecule has 0 aromatic heterocycles. The van der Waals surface area contributed by atoms with Gasteiger partial charge in [-0.15, -0.1) is 0 Å². The van der Waals surface area contributed by atoms with Gasteiger partial charge >= 0.3 is 0 Å². The van der Waals surface area contributed by atoms with Crippen LogP contribution in [0.3, 0.4) is 0 Å². The molecular weight excluding hydrogens is 180 g/mol. The molecular formula is C15H30. The molecule has 0 bridgehead atoms. The van der Waals surface area contributed by atoms with Crippen LogP contribution in [0.25, 0.3) is 0 Å². The minimum Gasteiger partial charge on any atom is -0.0654 e. The van der Waals surface area contributed by atoms with Crippen molar-refractivity contribution in [2.24, 2.45) is 22.7 Å². The van der Waals surface area contributed by atoms with Crippen LogP contribution in [-0.2, 0) is 0 Å². The van der Waals surface area contributed by atoms with E-state index in [0.717, 1.165) is 11.8 Å². The molecule has 0 nitrogen and oxygen atoms in total. The monoisotopic (exact) mass is 210 g/mol. The molecule has 90 valence electrons. The van der Waals surface area contributed by atoms with Crippen molar-refractivity contribution < 1.29 is 0 Å². The third-order valence-corrected chi connectivity index (χ3v) is 4.67. The molecule has 1 rings (SSSR count). The zero-order valence-corrected chi connectivity index (χ0v) is 11.7. The molecule has 0 aromatic rings. The van der Waals surface area contributed by atoms with E-state index in [4.69, 9.17) is 0 Å². The van der Waals surface area contributed by atoms with Crippen molar-refractivity contribution in [2.45, 2.75) is 73.6 Å². The highest BCUT2D eigenvalue weighted by Crippen LogP contribution is 2.49. The van der Waals surface area contributed by atoms with E-state index in [2.05, 4.69) is 41.5 Å².